The molecule has 0 aliphatic heterocycles. The minimum absolute atomic E-state index is 0.450. The van der Waals surface area contributed by atoms with Crippen LogP contribution in [-0.2, 0) is 6.42 Å². The van der Waals surface area contributed by atoms with Gasteiger partial charge in [0.05, 0.1) is 5.69 Å². The molecular formula is C15H16N2. The number of hydrogen-bond donors (Lipinski definition) is 1. The SMILES string of the molecule is CC(C)c1nc2c([nH]1)Cc1ccccc1C=C2. The Morgan fingerprint density at radius 3 is 2.82 bits per heavy atom. The third-order valence-corrected chi connectivity index (χ3v) is 3.22. The molecule has 0 bridgehead atoms. The molecule has 0 spiro atoms. The standard InChI is InChI=1S/C15H16N2/c1-10(2)15-16-13-8-7-11-5-3-4-6-12(11)9-14(13)17-15/h3-8,10H,9H2,1-2H3,(H,16,17). The molecule has 0 atom stereocenters. The first-order valence-corrected chi connectivity index (χ1v) is 6.09. The van der Waals surface area contributed by atoms with Gasteiger partial charge >= 0.3 is 0 Å². The summed E-state index contributed by atoms with van der Waals surface area (Å²) in [5.41, 5.74) is 4.98. The average Bonchev–Trinajstić information content (AvgIpc) is 2.64. The van der Waals surface area contributed by atoms with Crippen molar-refractivity contribution in [2.45, 2.75) is 26.2 Å². The zero-order chi connectivity index (χ0) is 11.8. The Morgan fingerprint density at radius 2 is 2.00 bits per heavy atom. The van der Waals surface area contributed by atoms with E-state index in [1.807, 2.05) is 0 Å². The predicted octanol–water partition coefficient (Wildman–Crippen LogP) is 3.61. The molecule has 3 rings (SSSR count). The molecule has 0 radical (unpaired) electrons. The monoisotopic (exact) mass is 224 g/mol. The Kier molecular flexibility index (Phi) is 2.36. The third kappa shape index (κ3) is 1.80. The molecule has 0 saturated heterocycles. The second-order valence-corrected chi connectivity index (χ2v) is 4.85. The molecule has 1 N–H and O–H groups in total. The summed E-state index contributed by atoms with van der Waals surface area (Å²) < 4.78 is 0. The minimum atomic E-state index is 0.450. The molecule has 86 valence electrons. The number of imidazole rings is 1. The van der Waals surface area contributed by atoms with Crippen LogP contribution < -0.4 is 0 Å². The topological polar surface area (TPSA) is 28.7 Å². The Balaban J connectivity index is 2.08. The summed E-state index contributed by atoms with van der Waals surface area (Å²) >= 11 is 0. The molecule has 2 nitrogen and oxygen atoms in total. The van der Waals surface area contributed by atoms with Crippen molar-refractivity contribution < 1.29 is 0 Å². The van der Waals surface area contributed by atoms with Gasteiger partial charge in [0.15, 0.2) is 0 Å². The predicted molar refractivity (Wildman–Crippen MR) is 70.9 cm³/mol. The van der Waals surface area contributed by atoms with Gasteiger partial charge in [-0.15, -0.1) is 0 Å². The van der Waals surface area contributed by atoms with Crippen molar-refractivity contribution in [2.75, 3.05) is 0 Å². The number of hydrogen-bond acceptors (Lipinski definition) is 1. The maximum Gasteiger partial charge on any atom is 0.109 e. The highest BCUT2D eigenvalue weighted by Crippen LogP contribution is 2.24. The van der Waals surface area contributed by atoms with Crippen LogP contribution in [0.1, 0.15) is 48.1 Å². The van der Waals surface area contributed by atoms with E-state index in [1.54, 1.807) is 0 Å². The Morgan fingerprint density at radius 1 is 1.18 bits per heavy atom. The number of H-pyrrole nitrogens is 1. The number of rotatable bonds is 1. The lowest BCUT2D eigenvalue weighted by molar-refractivity contribution is 0.789. The van der Waals surface area contributed by atoms with Crippen molar-refractivity contribution in [2.24, 2.45) is 0 Å². The molecule has 1 aromatic heterocycles. The van der Waals surface area contributed by atoms with Crippen molar-refractivity contribution in [3.8, 4) is 0 Å². The van der Waals surface area contributed by atoms with E-state index in [4.69, 9.17) is 0 Å². The normalized spacial score (nSPS) is 13.4. The number of nitrogens with zero attached hydrogens (tertiary/aromatic N) is 1. The third-order valence-electron chi connectivity index (χ3n) is 3.22. The second-order valence-electron chi connectivity index (χ2n) is 4.85. The maximum absolute atomic E-state index is 4.65. The summed E-state index contributed by atoms with van der Waals surface area (Å²) in [6, 6.07) is 8.51. The summed E-state index contributed by atoms with van der Waals surface area (Å²) in [5.74, 6) is 1.53. The fourth-order valence-corrected chi connectivity index (χ4v) is 2.21. The fraction of sp³-hybridized carbons (Fsp3) is 0.267. The van der Waals surface area contributed by atoms with Crippen LogP contribution in [0.3, 0.4) is 0 Å². The highest BCUT2D eigenvalue weighted by molar-refractivity contribution is 5.73. The lowest BCUT2D eigenvalue weighted by Crippen LogP contribution is -1.93. The van der Waals surface area contributed by atoms with Gasteiger partial charge in [0.1, 0.15) is 5.82 Å². The summed E-state index contributed by atoms with van der Waals surface area (Å²) in [5, 5.41) is 0. The van der Waals surface area contributed by atoms with E-state index in [-0.39, 0.29) is 0 Å². The molecule has 1 aliphatic rings. The number of benzene rings is 1. The Bertz CT molecular complexity index is 576. The highest BCUT2D eigenvalue weighted by Gasteiger charge is 2.14. The smallest absolute Gasteiger partial charge is 0.109 e. The number of aromatic nitrogens is 2. The van der Waals surface area contributed by atoms with Gasteiger partial charge in [-0.3, -0.25) is 0 Å². The van der Waals surface area contributed by atoms with Gasteiger partial charge in [0.2, 0.25) is 0 Å². The summed E-state index contributed by atoms with van der Waals surface area (Å²) in [6.07, 6.45) is 5.22. The molecule has 1 aromatic carbocycles. The van der Waals surface area contributed by atoms with Gasteiger partial charge < -0.3 is 4.98 Å². The van der Waals surface area contributed by atoms with Crippen molar-refractivity contribution in [3.63, 3.8) is 0 Å². The van der Waals surface area contributed by atoms with Gasteiger partial charge in [-0.25, -0.2) is 4.98 Å². The van der Waals surface area contributed by atoms with Gasteiger partial charge in [0.25, 0.3) is 0 Å². The molecule has 2 heteroatoms. The molecular weight excluding hydrogens is 208 g/mol. The van der Waals surface area contributed by atoms with Crippen molar-refractivity contribution >= 4 is 12.2 Å². The van der Waals surface area contributed by atoms with Crippen LogP contribution in [0.2, 0.25) is 0 Å². The number of nitrogens with one attached hydrogen (secondary N) is 1. The second kappa shape index (κ2) is 3.88. The summed E-state index contributed by atoms with van der Waals surface area (Å²) in [4.78, 5) is 8.10. The Labute approximate surface area is 101 Å². The Hall–Kier alpha value is -1.83. The van der Waals surface area contributed by atoms with E-state index in [2.05, 4.69) is 60.2 Å². The van der Waals surface area contributed by atoms with Gasteiger partial charge in [0, 0.05) is 18.0 Å². The minimum Gasteiger partial charge on any atom is -0.345 e. The molecule has 17 heavy (non-hydrogen) atoms. The van der Waals surface area contributed by atoms with E-state index in [0.29, 0.717) is 5.92 Å². The van der Waals surface area contributed by atoms with E-state index in [1.165, 1.54) is 16.8 Å². The van der Waals surface area contributed by atoms with E-state index in [9.17, 15) is 0 Å². The van der Waals surface area contributed by atoms with Gasteiger partial charge in [-0.05, 0) is 17.2 Å². The first kappa shape index (κ1) is 10.3. The van der Waals surface area contributed by atoms with Crippen LogP contribution in [0.5, 0.6) is 0 Å². The average molecular weight is 224 g/mol. The lowest BCUT2D eigenvalue weighted by atomic mass is 10.0. The molecule has 0 unspecified atom stereocenters. The molecule has 0 amide bonds. The molecule has 0 fully saturated rings. The molecule has 1 heterocycles. The van der Waals surface area contributed by atoms with Crippen LogP contribution in [0.4, 0.5) is 0 Å². The van der Waals surface area contributed by atoms with Crippen LogP contribution >= 0.6 is 0 Å². The first-order valence-electron chi connectivity index (χ1n) is 6.09. The molecule has 2 aromatic rings. The van der Waals surface area contributed by atoms with Crippen LogP contribution in [0, 0.1) is 0 Å². The number of aromatic amines is 1. The van der Waals surface area contributed by atoms with E-state index in [0.717, 1.165) is 17.9 Å². The van der Waals surface area contributed by atoms with Gasteiger partial charge in [-0.1, -0.05) is 44.2 Å². The maximum atomic E-state index is 4.65. The van der Waals surface area contributed by atoms with E-state index >= 15 is 0 Å². The molecule has 1 aliphatic carbocycles. The summed E-state index contributed by atoms with van der Waals surface area (Å²) in [7, 11) is 0. The first-order chi connectivity index (χ1) is 8.24. The van der Waals surface area contributed by atoms with Crippen molar-refractivity contribution in [1.29, 1.82) is 0 Å². The highest BCUT2D eigenvalue weighted by atomic mass is 14.9. The lowest BCUT2D eigenvalue weighted by Gasteiger charge is -2.03. The zero-order valence-corrected chi connectivity index (χ0v) is 10.2. The summed E-state index contributed by atoms with van der Waals surface area (Å²) in [6.45, 7) is 4.33. The molecule has 0 saturated carbocycles. The van der Waals surface area contributed by atoms with Crippen LogP contribution in [0.25, 0.3) is 12.2 Å². The van der Waals surface area contributed by atoms with Crippen molar-refractivity contribution in [1.82, 2.24) is 9.97 Å². The largest absolute Gasteiger partial charge is 0.345 e. The quantitative estimate of drug-likeness (QED) is 0.672. The van der Waals surface area contributed by atoms with Crippen molar-refractivity contribution in [3.05, 3.63) is 52.6 Å². The van der Waals surface area contributed by atoms with Gasteiger partial charge in [-0.2, -0.15) is 0 Å². The van der Waals surface area contributed by atoms with Crippen LogP contribution in [-0.4, -0.2) is 9.97 Å². The van der Waals surface area contributed by atoms with E-state index < -0.39 is 0 Å². The zero-order valence-electron chi connectivity index (χ0n) is 10.2. The number of fused-ring (bicyclic) bond motifs is 2. The van der Waals surface area contributed by atoms with Crippen LogP contribution in [0.15, 0.2) is 24.3 Å². The fourth-order valence-electron chi connectivity index (χ4n) is 2.21.